The molecule has 42 heavy (non-hydrogen) atoms. The lowest BCUT2D eigenvalue weighted by Gasteiger charge is -2.30. The predicted molar refractivity (Wildman–Crippen MR) is 144 cm³/mol. The van der Waals surface area contributed by atoms with Crippen LogP contribution in [0.15, 0.2) is 35.3 Å². The Balaban J connectivity index is 0.000000171. The number of hydrogen-bond donors (Lipinski definition) is 2. The summed E-state index contributed by atoms with van der Waals surface area (Å²) in [4.78, 5) is 28.7. The zero-order valence-electron chi connectivity index (χ0n) is 23.0. The Morgan fingerprint density at radius 2 is 1.76 bits per heavy atom. The largest absolute Gasteiger partial charge is 0.394 e. The van der Waals surface area contributed by atoms with Crippen molar-refractivity contribution in [1.82, 2.24) is 24.6 Å². The zero-order valence-corrected chi connectivity index (χ0v) is 23.0. The van der Waals surface area contributed by atoms with E-state index in [0.717, 1.165) is 30.2 Å². The summed E-state index contributed by atoms with van der Waals surface area (Å²) < 4.78 is 67.0. The van der Waals surface area contributed by atoms with E-state index in [9.17, 15) is 31.5 Å². The number of halogens is 5. The van der Waals surface area contributed by atoms with Crippen molar-refractivity contribution in [2.75, 3.05) is 13.1 Å². The van der Waals surface area contributed by atoms with Crippen molar-refractivity contribution in [3.05, 3.63) is 80.8 Å². The summed E-state index contributed by atoms with van der Waals surface area (Å²) in [5, 5.41) is 6.73. The van der Waals surface area contributed by atoms with Crippen LogP contribution in [0, 0.1) is 11.6 Å². The second-order valence-corrected chi connectivity index (χ2v) is 11.3. The van der Waals surface area contributed by atoms with E-state index in [4.69, 9.17) is 5.73 Å². The molecule has 2 aliphatic heterocycles. The number of piperidine rings is 1. The van der Waals surface area contributed by atoms with Crippen LogP contribution < -0.4 is 11.3 Å². The third-order valence-corrected chi connectivity index (χ3v) is 8.27. The van der Waals surface area contributed by atoms with Crippen LogP contribution in [0.4, 0.5) is 26.7 Å². The Hall–Kier alpha value is -3.77. The van der Waals surface area contributed by atoms with Crippen molar-refractivity contribution in [1.29, 1.82) is 0 Å². The molecule has 2 amide bonds. The first-order valence-corrected chi connectivity index (χ1v) is 14.2. The molecule has 1 saturated carbocycles. The molecule has 2 aromatic heterocycles. The first-order chi connectivity index (χ1) is 20.0. The van der Waals surface area contributed by atoms with Crippen LogP contribution in [0.2, 0.25) is 0 Å². The minimum absolute atomic E-state index is 0.0659. The Bertz CT molecular complexity index is 1470. The maximum atomic E-state index is 14.0. The van der Waals surface area contributed by atoms with E-state index in [2.05, 4.69) is 15.2 Å². The number of alkyl halides is 3. The maximum Gasteiger partial charge on any atom is 0.394 e. The number of hydrogen-bond acceptors (Lipinski definition) is 4. The molecule has 1 unspecified atom stereocenters. The van der Waals surface area contributed by atoms with Gasteiger partial charge in [-0.15, -0.1) is 0 Å². The molecule has 13 heteroatoms. The number of nitrogens with zero attached hydrogens (tertiary/aromatic N) is 4. The van der Waals surface area contributed by atoms with Gasteiger partial charge in [0.2, 0.25) is 0 Å². The molecule has 4 heterocycles. The fourth-order valence-corrected chi connectivity index (χ4v) is 5.87. The summed E-state index contributed by atoms with van der Waals surface area (Å²) in [6.45, 7) is 1.43. The normalized spacial score (nSPS) is 19.5. The molecule has 1 aromatic carbocycles. The van der Waals surface area contributed by atoms with Crippen molar-refractivity contribution in [2.45, 2.75) is 81.8 Å². The number of aryl methyl sites for hydroxylation is 1. The van der Waals surface area contributed by atoms with Gasteiger partial charge in [0.1, 0.15) is 5.82 Å². The van der Waals surface area contributed by atoms with Gasteiger partial charge in [-0.1, -0.05) is 12.1 Å². The Kier molecular flexibility index (Phi) is 8.65. The van der Waals surface area contributed by atoms with E-state index < -0.39 is 24.2 Å². The number of carbonyl (C=O) groups is 1. The van der Waals surface area contributed by atoms with Gasteiger partial charge in [0, 0.05) is 55.3 Å². The summed E-state index contributed by atoms with van der Waals surface area (Å²) in [5.74, 6) is -0.913. The zero-order chi connectivity index (χ0) is 30.0. The first kappa shape index (κ1) is 29.7. The van der Waals surface area contributed by atoms with E-state index in [0.29, 0.717) is 44.1 Å². The number of primary amides is 1. The van der Waals surface area contributed by atoms with Gasteiger partial charge in [0.15, 0.2) is 11.6 Å². The predicted octanol–water partition coefficient (Wildman–Crippen LogP) is 5.29. The standard InChI is InChI=1S/C16H15F5N2.C13H18N4O2/c17-13-5-2-4-12(15(13)18)10-3-1-6-14-22-8-11(23(14)9-10)7-16(19,20)21;14-13(19)17-5-3-8(4-6-17)10-7-11(9-1-2-9)15-16-12(10)18/h2,4-5,8,10H,1,3,6-7,9H2;7-9H,1-6H2,(H2,14,19)(H,16,18). The highest BCUT2D eigenvalue weighted by molar-refractivity contribution is 5.72. The van der Waals surface area contributed by atoms with Gasteiger partial charge in [-0.05, 0) is 62.1 Å². The first-order valence-electron chi connectivity index (χ1n) is 14.2. The van der Waals surface area contributed by atoms with Crippen LogP contribution in [0.25, 0.3) is 0 Å². The number of amides is 2. The maximum absolute atomic E-state index is 14.0. The molecular formula is C29H33F5N6O2. The lowest BCUT2D eigenvalue weighted by molar-refractivity contribution is -0.128. The number of nitrogens with two attached hydrogens (primary N) is 1. The molecule has 0 spiro atoms. The summed E-state index contributed by atoms with van der Waals surface area (Å²) in [7, 11) is 0. The van der Waals surface area contributed by atoms with Gasteiger partial charge in [0.25, 0.3) is 5.56 Å². The fraction of sp³-hybridized carbons (Fsp3) is 0.517. The average molecular weight is 593 g/mol. The van der Waals surface area contributed by atoms with Gasteiger partial charge in [-0.2, -0.15) is 18.3 Å². The van der Waals surface area contributed by atoms with Crippen molar-refractivity contribution in [3.63, 3.8) is 0 Å². The molecule has 3 aliphatic rings. The van der Waals surface area contributed by atoms with Gasteiger partial charge < -0.3 is 15.2 Å². The molecule has 1 atom stereocenters. The van der Waals surface area contributed by atoms with E-state index in [1.54, 1.807) is 4.90 Å². The van der Waals surface area contributed by atoms with Gasteiger partial charge in [0.05, 0.1) is 12.1 Å². The highest BCUT2D eigenvalue weighted by Crippen LogP contribution is 2.39. The monoisotopic (exact) mass is 592 g/mol. The van der Waals surface area contributed by atoms with Crippen LogP contribution in [0.1, 0.15) is 84.6 Å². The number of rotatable bonds is 4. The number of nitrogens with one attached hydrogen (secondary N) is 1. The van der Waals surface area contributed by atoms with Crippen molar-refractivity contribution < 1.29 is 26.7 Å². The molecule has 0 bridgehead atoms. The molecule has 2 fully saturated rings. The average Bonchev–Trinajstić information content (AvgIpc) is 3.76. The number of imidazole rings is 1. The lowest BCUT2D eigenvalue weighted by atomic mass is 9.90. The highest BCUT2D eigenvalue weighted by Gasteiger charge is 2.32. The summed E-state index contributed by atoms with van der Waals surface area (Å²) >= 11 is 0. The quantitative estimate of drug-likeness (QED) is 0.401. The number of H-pyrrole nitrogens is 1. The van der Waals surface area contributed by atoms with Crippen LogP contribution >= 0.6 is 0 Å². The summed E-state index contributed by atoms with van der Waals surface area (Å²) in [6.07, 6.45) is 1.52. The third kappa shape index (κ3) is 6.99. The Labute approximate surface area is 239 Å². The molecule has 8 nitrogen and oxygen atoms in total. The van der Waals surface area contributed by atoms with Gasteiger partial charge in [-0.3, -0.25) is 4.79 Å². The number of aromatic nitrogens is 4. The van der Waals surface area contributed by atoms with Crippen molar-refractivity contribution in [3.8, 4) is 0 Å². The molecule has 3 aromatic rings. The number of aromatic amines is 1. The molecule has 0 radical (unpaired) electrons. The van der Waals surface area contributed by atoms with Crippen molar-refractivity contribution >= 4 is 6.03 Å². The van der Waals surface area contributed by atoms with Gasteiger partial charge in [-0.25, -0.2) is 23.7 Å². The molecule has 226 valence electrons. The van der Waals surface area contributed by atoms with Crippen molar-refractivity contribution in [2.24, 2.45) is 5.73 Å². The summed E-state index contributed by atoms with van der Waals surface area (Å²) in [6, 6.07) is 5.54. The number of likely N-dealkylation sites (tertiary alicyclic amines) is 1. The van der Waals surface area contributed by atoms with E-state index in [-0.39, 0.29) is 41.2 Å². The minimum Gasteiger partial charge on any atom is -0.351 e. The van der Waals surface area contributed by atoms with Crippen LogP contribution in [-0.4, -0.2) is 49.9 Å². The van der Waals surface area contributed by atoms with Crippen LogP contribution in [0.3, 0.4) is 0 Å². The molecule has 6 rings (SSSR count). The van der Waals surface area contributed by atoms with Crippen LogP contribution in [-0.2, 0) is 19.4 Å². The number of urea groups is 1. The van der Waals surface area contributed by atoms with Crippen LogP contribution in [0.5, 0.6) is 0 Å². The molecule has 3 N–H and O–H groups in total. The number of benzene rings is 1. The third-order valence-electron chi connectivity index (χ3n) is 8.27. The number of fused-ring (bicyclic) bond motifs is 1. The topological polar surface area (TPSA) is 110 Å². The Morgan fingerprint density at radius 1 is 1.02 bits per heavy atom. The Morgan fingerprint density at radius 3 is 2.43 bits per heavy atom. The molecule has 1 saturated heterocycles. The highest BCUT2D eigenvalue weighted by atomic mass is 19.4. The van der Waals surface area contributed by atoms with Gasteiger partial charge >= 0.3 is 12.2 Å². The molecule has 1 aliphatic carbocycles. The second-order valence-electron chi connectivity index (χ2n) is 11.3. The lowest BCUT2D eigenvalue weighted by Crippen LogP contribution is -2.41. The van der Waals surface area contributed by atoms with E-state index >= 15 is 0 Å². The molecular weight excluding hydrogens is 559 g/mol. The van der Waals surface area contributed by atoms with E-state index in [1.807, 2.05) is 6.07 Å². The smallest absolute Gasteiger partial charge is 0.351 e. The summed E-state index contributed by atoms with van der Waals surface area (Å²) in [5.41, 5.74) is 7.27. The second kappa shape index (κ2) is 12.2. The SMILES string of the molecule is Fc1cccc(C2CCCc3ncc(CC(F)(F)F)n3C2)c1F.NC(=O)N1CCC(c2cc(C3CC3)n[nH]c2=O)CC1. The number of carbonyl (C=O) groups excluding carboxylic acids is 1. The van der Waals surface area contributed by atoms with E-state index in [1.165, 1.54) is 35.7 Å². The fourth-order valence-electron chi connectivity index (χ4n) is 5.87. The minimum atomic E-state index is -4.33.